The van der Waals surface area contributed by atoms with Crippen molar-refractivity contribution >= 4 is 5.97 Å². The number of carbonyl (C=O) groups is 1. The van der Waals surface area contributed by atoms with Crippen LogP contribution >= 0.6 is 0 Å². The van der Waals surface area contributed by atoms with E-state index < -0.39 is 0 Å². The zero-order valence-electron chi connectivity index (χ0n) is 14.1. The van der Waals surface area contributed by atoms with E-state index in [9.17, 15) is 4.79 Å². The predicted molar refractivity (Wildman–Crippen MR) is 86.9 cm³/mol. The first kappa shape index (κ1) is 19.5. The van der Waals surface area contributed by atoms with Gasteiger partial charge in [0.05, 0.1) is 7.11 Å². The lowest BCUT2D eigenvalue weighted by Crippen LogP contribution is -1.99. The second-order valence-electron chi connectivity index (χ2n) is 6.19. The first-order valence-corrected chi connectivity index (χ1v) is 8.77. The Bertz CT molecular complexity index is 213. The molecule has 0 spiro atoms. The minimum Gasteiger partial charge on any atom is -0.469 e. The van der Waals surface area contributed by atoms with Gasteiger partial charge in [-0.3, -0.25) is 4.79 Å². The molecule has 1 atom stereocenters. The van der Waals surface area contributed by atoms with Crippen LogP contribution in [0.15, 0.2) is 0 Å². The fraction of sp³-hybridized carbons (Fsp3) is 0.944. The minimum absolute atomic E-state index is 0.0675. The number of rotatable bonds is 14. The van der Waals surface area contributed by atoms with E-state index in [0.29, 0.717) is 6.42 Å². The molecule has 2 heteroatoms. The maximum atomic E-state index is 10.9. The maximum Gasteiger partial charge on any atom is 0.305 e. The zero-order valence-corrected chi connectivity index (χ0v) is 14.1. The first-order valence-electron chi connectivity index (χ1n) is 8.77. The molecule has 0 aliphatic heterocycles. The molecule has 0 rings (SSSR count). The molecule has 0 aromatic rings. The smallest absolute Gasteiger partial charge is 0.305 e. The van der Waals surface area contributed by atoms with Crippen molar-refractivity contribution in [1.82, 2.24) is 0 Å². The number of ether oxygens (including phenoxy) is 1. The highest BCUT2D eigenvalue weighted by atomic mass is 16.5. The summed E-state index contributed by atoms with van der Waals surface area (Å²) in [5.74, 6) is 0.851. The number of esters is 1. The van der Waals surface area contributed by atoms with E-state index in [-0.39, 0.29) is 5.97 Å². The molecule has 0 radical (unpaired) electrons. The molecule has 2 nitrogen and oxygen atoms in total. The van der Waals surface area contributed by atoms with Crippen LogP contribution in [-0.2, 0) is 9.53 Å². The van der Waals surface area contributed by atoms with Gasteiger partial charge in [-0.1, -0.05) is 84.5 Å². The van der Waals surface area contributed by atoms with Gasteiger partial charge in [-0.25, -0.2) is 0 Å². The van der Waals surface area contributed by atoms with Crippen molar-refractivity contribution in [3.8, 4) is 0 Å². The molecule has 0 aromatic carbocycles. The number of methoxy groups -OCH3 is 1. The van der Waals surface area contributed by atoms with E-state index in [1.54, 1.807) is 0 Å². The van der Waals surface area contributed by atoms with Crippen LogP contribution in [0, 0.1) is 5.92 Å². The van der Waals surface area contributed by atoms with E-state index in [1.165, 1.54) is 77.7 Å². The third-order valence-corrected chi connectivity index (χ3v) is 4.11. The van der Waals surface area contributed by atoms with Crippen molar-refractivity contribution in [3.63, 3.8) is 0 Å². The van der Waals surface area contributed by atoms with Crippen LogP contribution in [0.25, 0.3) is 0 Å². The second kappa shape index (κ2) is 14.9. The molecule has 120 valence electrons. The van der Waals surface area contributed by atoms with Gasteiger partial charge in [-0.2, -0.15) is 0 Å². The third kappa shape index (κ3) is 13.9. The van der Waals surface area contributed by atoms with Crippen molar-refractivity contribution < 1.29 is 9.53 Å². The lowest BCUT2D eigenvalue weighted by molar-refractivity contribution is -0.140. The molecule has 0 aliphatic rings. The molecule has 20 heavy (non-hydrogen) atoms. The highest BCUT2D eigenvalue weighted by molar-refractivity contribution is 5.68. The Balaban J connectivity index is 3.14. The topological polar surface area (TPSA) is 26.3 Å². The molecule has 0 heterocycles. The van der Waals surface area contributed by atoms with Gasteiger partial charge in [0.1, 0.15) is 0 Å². The molecular formula is C18H36O2. The van der Waals surface area contributed by atoms with Crippen molar-refractivity contribution in [2.45, 2.75) is 97.3 Å². The Morgan fingerprint density at radius 3 is 1.90 bits per heavy atom. The van der Waals surface area contributed by atoms with Crippen molar-refractivity contribution in [2.24, 2.45) is 5.92 Å². The van der Waals surface area contributed by atoms with Gasteiger partial charge in [-0.05, 0) is 12.3 Å². The normalized spacial score (nSPS) is 12.3. The Hall–Kier alpha value is -0.530. The minimum atomic E-state index is -0.0675. The van der Waals surface area contributed by atoms with Crippen LogP contribution in [0.1, 0.15) is 97.3 Å². The van der Waals surface area contributed by atoms with Gasteiger partial charge in [0.2, 0.25) is 0 Å². The Morgan fingerprint density at radius 1 is 0.850 bits per heavy atom. The Kier molecular flexibility index (Phi) is 14.5. The Labute approximate surface area is 126 Å². The second-order valence-corrected chi connectivity index (χ2v) is 6.19. The summed E-state index contributed by atoms with van der Waals surface area (Å²) in [6.07, 6.45) is 16.5. The summed E-state index contributed by atoms with van der Waals surface area (Å²) in [7, 11) is 1.46. The molecule has 1 unspecified atom stereocenters. The molecular weight excluding hydrogens is 248 g/mol. The first-order chi connectivity index (χ1) is 9.70. The van der Waals surface area contributed by atoms with E-state index in [1.807, 2.05) is 0 Å². The third-order valence-electron chi connectivity index (χ3n) is 4.11. The molecule has 0 saturated heterocycles. The van der Waals surface area contributed by atoms with E-state index in [2.05, 4.69) is 18.6 Å². The summed E-state index contributed by atoms with van der Waals surface area (Å²) >= 11 is 0. The van der Waals surface area contributed by atoms with Crippen LogP contribution in [0.4, 0.5) is 0 Å². The zero-order chi connectivity index (χ0) is 15.1. The summed E-state index contributed by atoms with van der Waals surface area (Å²) in [6.45, 7) is 4.68. The monoisotopic (exact) mass is 284 g/mol. The lowest BCUT2D eigenvalue weighted by Gasteiger charge is -2.10. The van der Waals surface area contributed by atoms with Gasteiger partial charge < -0.3 is 4.74 Å². The van der Waals surface area contributed by atoms with Gasteiger partial charge in [-0.15, -0.1) is 0 Å². The van der Waals surface area contributed by atoms with Crippen molar-refractivity contribution in [3.05, 3.63) is 0 Å². The maximum absolute atomic E-state index is 10.9. The largest absolute Gasteiger partial charge is 0.469 e. The van der Waals surface area contributed by atoms with Gasteiger partial charge >= 0.3 is 5.97 Å². The van der Waals surface area contributed by atoms with Crippen LogP contribution in [0.5, 0.6) is 0 Å². The summed E-state index contributed by atoms with van der Waals surface area (Å²) in [5.41, 5.74) is 0. The van der Waals surface area contributed by atoms with Crippen LogP contribution in [0.3, 0.4) is 0 Å². The fourth-order valence-electron chi connectivity index (χ4n) is 2.64. The quantitative estimate of drug-likeness (QED) is 0.294. The summed E-state index contributed by atoms with van der Waals surface area (Å²) in [6, 6.07) is 0. The summed E-state index contributed by atoms with van der Waals surface area (Å²) in [4.78, 5) is 10.9. The highest BCUT2D eigenvalue weighted by Crippen LogP contribution is 2.17. The van der Waals surface area contributed by atoms with Crippen LogP contribution in [-0.4, -0.2) is 13.1 Å². The molecule has 0 aliphatic carbocycles. The van der Waals surface area contributed by atoms with E-state index in [0.717, 1.165) is 12.3 Å². The molecule has 0 aromatic heterocycles. The molecule has 0 fully saturated rings. The van der Waals surface area contributed by atoms with Gasteiger partial charge in [0.25, 0.3) is 0 Å². The standard InChI is InChI=1S/C18H36O2/c1-4-5-11-14-17(2)15-12-9-7-6-8-10-13-16-18(19)20-3/h17H,4-16H2,1-3H3. The molecule has 0 N–H and O–H groups in total. The molecule has 0 bridgehead atoms. The summed E-state index contributed by atoms with van der Waals surface area (Å²) < 4.78 is 4.63. The SMILES string of the molecule is CCCCCC(C)CCCCCCCCCC(=O)OC. The van der Waals surface area contributed by atoms with Gasteiger partial charge in [0, 0.05) is 6.42 Å². The van der Waals surface area contributed by atoms with E-state index in [4.69, 9.17) is 0 Å². The van der Waals surface area contributed by atoms with Crippen LogP contribution < -0.4 is 0 Å². The highest BCUT2D eigenvalue weighted by Gasteiger charge is 2.02. The Morgan fingerprint density at radius 2 is 1.35 bits per heavy atom. The average molecular weight is 284 g/mol. The number of hydrogen-bond donors (Lipinski definition) is 0. The van der Waals surface area contributed by atoms with Crippen molar-refractivity contribution in [2.75, 3.05) is 7.11 Å². The molecule has 0 saturated carbocycles. The van der Waals surface area contributed by atoms with Crippen molar-refractivity contribution in [1.29, 1.82) is 0 Å². The lowest BCUT2D eigenvalue weighted by atomic mass is 9.96. The van der Waals surface area contributed by atoms with E-state index >= 15 is 0 Å². The fourth-order valence-corrected chi connectivity index (χ4v) is 2.64. The van der Waals surface area contributed by atoms with Gasteiger partial charge in [0.15, 0.2) is 0 Å². The number of carbonyl (C=O) groups excluding carboxylic acids is 1. The van der Waals surface area contributed by atoms with Crippen LogP contribution in [0.2, 0.25) is 0 Å². The molecule has 0 amide bonds. The average Bonchev–Trinajstić information content (AvgIpc) is 2.45. The number of unbranched alkanes of at least 4 members (excludes halogenated alkanes) is 8. The number of hydrogen-bond acceptors (Lipinski definition) is 2. The predicted octanol–water partition coefficient (Wildman–Crippen LogP) is 5.89. The summed E-state index contributed by atoms with van der Waals surface area (Å²) in [5, 5.41) is 0.